The third-order valence-electron chi connectivity index (χ3n) is 5.09. The molecule has 140 valence electrons. The van der Waals surface area contributed by atoms with Gasteiger partial charge in [0.2, 0.25) is 0 Å². The predicted octanol–water partition coefficient (Wildman–Crippen LogP) is 4.55. The first-order valence-electron chi connectivity index (χ1n) is 9.35. The Kier molecular flexibility index (Phi) is 4.62. The minimum absolute atomic E-state index is 0.874. The summed E-state index contributed by atoms with van der Waals surface area (Å²) in [7, 11) is 5.90. The SMILES string of the molecule is COc1ccc2c(ccc3c2[nH]c2c(C)cnc(NCCCN(C)C)c23)c1. The summed E-state index contributed by atoms with van der Waals surface area (Å²) in [5.74, 6) is 1.83. The van der Waals surface area contributed by atoms with Gasteiger partial charge in [-0.05, 0) is 63.1 Å². The monoisotopic (exact) mass is 362 g/mol. The summed E-state index contributed by atoms with van der Waals surface area (Å²) in [6.45, 7) is 4.06. The number of pyridine rings is 1. The molecule has 0 saturated heterocycles. The lowest BCUT2D eigenvalue weighted by atomic mass is 10.1. The number of hydrogen-bond donors (Lipinski definition) is 2. The molecule has 0 aliphatic carbocycles. The minimum Gasteiger partial charge on any atom is -0.497 e. The highest BCUT2D eigenvalue weighted by Gasteiger charge is 2.14. The van der Waals surface area contributed by atoms with Gasteiger partial charge in [0, 0.05) is 23.5 Å². The van der Waals surface area contributed by atoms with Gasteiger partial charge in [0.15, 0.2) is 0 Å². The van der Waals surface area contributed by atoms with E-state index in [2.05, 4.69) is 65.5 Å². The van der Waals surface area contributed by atoms with E-state index >= 15 is 0 Å². The Morgan fingerprint density at radius 2 is 1.93 bits per heavy atom. The summed E-state index contributed by atoms with van der Waals surface area (Å²) in [6.07, 6.45) is 3.02. The second-order valence-electron chi connectivity index (χ2n) is 7.32. The number of H-pyrrole nitrogens is 1. The Bertz CT molecular complexity index is 1110. The Hall–Kier alpha value is -2.79. The number of benzene rings is 2. The van der Waals surface area contributed by atoms with E-state index in [0.29, 0.717) is 0 Å². The molecule has 0 aliphatic heterocycles. The van der Waals surface area contributed by atoms with Gasteiger partial charge < -0.3 is 19.9 Å². The largest absolute Gasteiger partial charge is 0.497 e. The van der Waals surface area contributed by atoms with Crippen LogP contribution >= 0.6 is 0 Å². The Morgan fingerprint density at radius 1 is 1.11 bits per heavy atom. The van der Waals surface area contributed by atoms with E-state index in [-0.39, 0.29) is 0 Å². The van der Waals surface area contributed by atoms with Crippen LogP contribution in [-0.4, -0.2) is 49.2 Å². The molecule has 2 aromatic heterocycles. The highest BCUT2D eigenvalue weighted by molar-refractivity contribution is 6.20. The fourth-order valence-electron chi connectivity index (χ4n) is 3.67. The third kappa shape index (κ3) is 3.19. The number of fused-ring (bicyclic) bond motifs is 5. The number of nitrogens with zero attached hydrogens (tertiary/aromatic N) is 2. The molecule has 0 radical (unpaired) electrons. The second-order valence-corrected chi connectivity index (χ2v) is 7.32. The minimum atomic E-state index is 0.874. The molecule has 0 aliphatic rings. The van der Waals surface area contributed by atoms with Gasteiger partial charge in [0.05, 0.1) is 23.5 Å². The van der Waals surface area contributed by atoms with Gasteiger partial charge in [-0.2, -0.15) is 0 Å². The average Bonchev–Trinajstić information content (AvgIpc) is 3.07. The van der Waals surface area contributed by atoms with E-state index in [4.69, 9.17) is 4.74 Å². The van der Waals surface area contributed by atoms with E-state index in [1.54, 1.807) is 7.11 Å². The number of nitrogens with one attached hydrogen (secondary N) is 2. The van der Waals surface area contributed by atoms with E-state index in [9.17, 15) is 0 Å². The molecule has 0 unspecified atom stereocenters. The zero-order valence-corrected chi connectivity index (χ0v) is 16.4. The van der Waals surface area contributed by atoms with Crippen LogP contribution in [0.5, 0.6) is 5.75 Å². The third-order valence-corrected chi connectivity index (χ3v) is 5.09. The number of methoxy groups -OCH3 is 1. The van der Waals surface area contributed by atoms with Crippen molar-refractivity contribution in [1.29, 1.82) is 0 Å². The number of ether oxygens (including phenoxy) is 1. The van der Waals surface area contributed by atoms with E-state index < -0.39 is 0 Å². The number of aryl methyl sites for hydroxylation is 1. The number of rotatable bonds is 6. The normalized spacial score (nSPS) is 11.7. The van der Waals surface area contributed by atoms with Gasteiger partial charge in [-0.1, -0.05) is 12.1 Å². The molecule has 2 N–H and O–H groups in total. The molecule has 2 aromatic carbocycles. The topological polar surface area (TPSA) is 53.2 Å². The molecule has 2 heterocycles. The van der Waals surface area contributed by atoms with Crippen LogP contribution in [-0.2, 0) is 0 Å². The van der Waals surface area contributed by atoms with E-state index in [1.807, 2.05) is 12.3 Å². The van der Waals surface area contributed by atoms with Crippen molar-refractivity contribution >= 4 is 38.4 Å². The summed E-state index contributed by atoms with van der Waals surface area (Å²) in [5.41, 5.74) is 3.46. The van der Waals surface area contributed by atoms with Crippen LogP contribution in [0, 0.1) is 6.92 Å². The van der Waals surface area contributed by atoms with Crippen molar-refractivity contribution in [3.8, 4) is 5.75 Å². The van der Waals surface area contributed by atoms with Crippen molar-refractivity contribution in [2.75, 3.05) is 39.6 Å². The molecular weight excluding hydrogens is 336 g/mol. The number of hydrogen-bond acceptors (Lipinski definition) is 4. The fourth-order valence-corrected chi connectivity index (χ4v) is 3.67. The second kappa shape index (κ2) is 7.08. The molecule has 4 rings (SSSR count). The van der Waals surface area contributed by atoms with Gasteiger partial charge in [-0.15, -0.1) is 0 Å². The number of aromatic amines is 1. The molecule has 5 heteroatoms. The lowest BCUT2D eigenvalue weighted by Gasteiger charge is -2.11. The highest BCUT2D eigenvalue weighted by Crippen LogP contribution is 2.36. The summed E-state index contributed by atoms with van der Waals surface area (Å²) < 4.78 is 5.37. The summed E-state index contributed by atoms with van der Waals surface area (Å²) in [6, 6.07) is 10.6. The van der Waals surface area contributed by atoms with Gasteiger partial charge in [-0.25, -0.2) is 4.98 Å². The maximum absolute atomic E-state index is 5.37. The van der Waals surface area contributed by atoms with Crippen LogP contribution in [0.15, 0.2) is 36.5 Å². The Morgan fingerprint density at radius 3 is 2.70 bits per heavy atom. The Balaban J connectivity index is 1.84. The van der Waals surface area contributed by atoms with Crippen LogP contribution in [0.25, 0.3) is 32.6 Å². The number of anilines is 1. The van der Waals surface area contributed by atoms with Crippen molar-refractivity contribution < 1.29 is 4.74 Å². The molecule has 4 aromatic rings. The first-order chi connectivity index (χ1) is 13.1. The fraction of sp³-hybridized carbons (Fsp3) is 0.318. The van der Waals surface area contributed by atoms with Crippen LogP contribution in [0.1, 0.15) is 12.0 Å². The van der Waals surface area contributed by atoms with E-state index in [0.717, 1.165) is 47.7 Å². The summed E-state index contributed by atoms with van der Waals surface area (Å²) >= 11 is 0. The smallest absolute Gasteiger partial charge is 0.136 e. The van der Waals surface area contributed by atoms with Crippen molar-refractivity contribution in [2.24, 2.45) is 0 Å². The highest BCUT2D eigenvalue weighted by atomic mass is 16.5. The molecule has 0 spiro atoms. The van der Waals surface area contributed by atoms with Gasteiger partial charge in [0.25, 0.3) is 0 Å². The molecule has 0 atom stereocenters. The van der Waals surface area contributed by atoms with E-state index in [1.165, 1.54) is 21.5 Å². The lowest BCUT2D eigenvalue weighted by molar-refractivity contribution is 0.405. The van der Waals surface area contributed by atoms with Gasteiger partial charge >= 0.3 is 0 Å². The van der Waals surface area contributed by atoms with Crippen molar-refractivity contribution in [2.45, 2.75) is 13.3 Å². The number of aromatic nitrogens is 2. The standard InChI is InChI=1S/C22H26N4O/c1-14-13-24-22(23-10-5-11-26(2)3)19-18-8-6-15-12-16(27-4)7-9-17(15)21(18)25-20(14)19/h6-9,12-13,25H,5,10-11H2,1-4H3,(H,23,24). The van der Waals surface area contributed by atoms with Crippen LogP contribution in [0.3, 0.4) is 0 Å². The van der Waals surface area contributed by atoms with Crippen LogP contribution < -0.4 is 10.1 Å². The molecule has 5 nitrogen and oxygen atoms in total. The molecular formula is C22H26N4O. The maximum Gasteiger partial charge on any atom is 0.136 e. The molecule has 0 fully saturated rings. The first kappa shape index (κ1) is 17.6. The first-order valence-corrected chi connectivity index (χ1v) is 9.35. The van der Waals surface area contributed by atoms with Gasteiger partial charge in [0.1, 0.15) is 11.6 Å². The predicted molar refractivity (Wildman–Crippen MR) is 114 cm³/mol. The van der Waals surface area contributed by atoms with Crippen molar-refractivity contribution in [3.63, 3.8) is 0 Å². The van der Waals surface area contributed by atoms with Gasteiger partial charge in [-0.3, -0.25) is 0 Å². The van der Waals surface area contributed by atoms with Crippen LogP contribution in [0.4, 0.5) is 5.82 Å². The summed E-state index contributed by atoms with van der Waals surface area (Å²) in [4.78, 5) is 10.5. The van der Waals surface area contributed by atoms with Crippen LogP contribution in [0.2, 0.25) is 0 Å². The van der Waals surface area contributed by atoms with Crippen molar-refractivity contribution in [3.05, 3.63) is 42.1 Å². The summed E-state index contributed by atoms with van der Waals surface area (Å²) in [5, 5.41) is 8.28. The molecule has 0 bridgehead atoms. The average molecular weight is 362 g/mol. The molecule has 0 saturated carbocycles. The Labute approximate surface area is 159 Å². The molecule has 0 amide bonds. The lowest BCUT2D eigenvalue weighted by Crippen LogP contribution is -2.16. The zero-order chi connectivity index (χ0) is 19.0. The maximum atomic E-state index is 5.37. The quantitative estimate of drug-likeness (QED) is 0.494. The van der Waals surface area contributed by atoms with Crippen molar-refractivity contribution in [1.82, 2.24) is 14.9 Å². The zero-order valence-electron chi connectivity index (χ0n) is 16.4. The molecule has 27 heavy (non-hydrogen) atoms.